The van der Waals surface area contributed by atoms with Gasteiger partial charge in [-0.15, -0.1) is 0 Å². The van der Waals surface area contributed by atoms with Crippen LogP contribution < -0.4 is 5.32 Å². The first-order chi connectivity index (χ1) is 9.35. The Hall–Kier alpha value is -0.120. The molecular formula is C13H17IN2O2S2. The molecule has 1 amide bonds. The van der Waals surface area contributed by atoms with Gasteiger partial charge in [0, 0.05) is 21.6 Å². The van der Waals surface area contributed by atoms with Gasteiger partial charge >= 0.3 is 6.09 Å². The van der Waals surface area contributed by atoms with Gasteiger partial charge < -0.3 is 10.1 Å². The van der Waals surface area contributed by atoms with Crippen molar-refractivity contribution in [2.75, 3.05) is 13.1 Å². The predicted octanol–water partition coefficient (Wildman–Crippen LogP) is 4.15. The Balaban J connectivity index is 1.75. The number of hydrogen-bond acceptors (Lipinski definition) is 5. The molecule has 0 unspecified atom stereocenters. The summed E-state index contributed by atoms with van der Waals surface area (Å²) in [5.41, 5.74) is -0.451. The first-order valence-electron chi connectivity index (χ1n) is 6.24. The quantitative estimate of drug-likeness (QED) is 0.584. The van der Waals surface area contributed by atoms with Crippen LogP contribution in [0.3, 0.4) is 0 Å². The summed E-state index contributed by atoms with van der Waals surface area (Å²) in [4.78, 5) is 14.1. The summed E-state index contributed by atoms with van der Waals surface area (Å²) in [6.07, 6.45) is -0.362. The van der Waals surface area contributed by atoms with Crippen molar-refractivity contribution in [3.8, 4) is 0 Å². The van der Waals surface area contributed by atoms with Gasteiger partial charge in [0.2, 0.25) is 0 Å². The summed E-state index contributed by atoms with van der Waals surface area (Å²) in [7, 11) is 0. The lowest BCUT2D eigenvalue weighted by Crippen LogP contribution is -2.35. The zero-order chi connectivity index (χ0) is 14.8. The van der Waals surface area contributed by atoms with Gasteiger partial charge in [-0.05, 0) is 79.4 Å². The Kier molecular flexibility index (Phi) is 5.49. The van der Waals surface area contributed by atoms with E-state index in [-0.39, 0.29) is 6.09 Å². The Morgan fingerprint density at radius 3 is 2.80 bits per heavy atom. The van der Waals surface area contributed by atoms with Gasteiger partial charge in [0.15, 0.2) is 0 Å². The fourth-order valence-electron chi connectivity index (χ4n) is 1.53. The minimum atomic E-state index is -0.451. The molecule has 1 aromatic carbocycles. The van der Waals surface area contributed by atoms with Gasteiger partial charge in [0.1, 0.15) is 5.60 Å². The fraction of sp³-hybridized carbons (Fsp3) is 0.462. The predicted molar refractivity (Wildman–Crippen MR) is 91.8 cm³/mol. The summed E-state index contributed by atoms with van der Waals surface area (Å²) in [5, 5.41) is 2.78. The highest BCUT2D eigenvalue weighted by molar-refractivity contribution is 14.1. The number of carbonyl (C=O) groups is 1. The maximum atomic E-state index is 11.5. The molecule has 20 heavy (non-hydrogen) atoms. The molecule has 1 aromatic rings. The number of alkyl carbamates (subject to hydrolysis) is 1. The molecule has 0 atom stereocenters. The molecule has 110 valence electrons. The number of amides is 1. The molecule has 0 bridgehead atoms. The van der Waals surface area contributed by atoms with Crippen LogP contribution in [0.5, 0.6) is 0 Å². The number of fused-ring (bicyclic) bond motifs is 1. The third-order valence-electron chi connectivity index (χ3n) is 2.29. The Morgan fingerprint density at radius 1 is 1.40 bits per heavy atom. The fourth-order valence-corrected chi connectivity index (χ4v) is 4.78. The highest BCUT2D eigenvalue weighted by atomic mass is 127. The molecule has 1 aliphatic rings. The molecule has 1 heterocycles. The lowest BCUT2D eigenvalue weighted by molar-refractivity contribution is 0.0528. The average Bonchev–Trinajstić information content (AvgIpc) is 2.71. The van der Waals surface area contributed by atoms with Gasteiger partial charge in [-0.2, -0.15) is 3.71 Å². The molecule has 0 saturated heterocycles. The molecule has 7 heteroatoms. The van der Waals surface area contributed by atoms with E-state index in [2.05, 4.69) is 49.8 Å². The smallest absolute Gasteiger partial charge is 0.407 e. The molecule has 0 aliphatic carbocycles. The van der Waals surface area contributed by atoms with Crippen LogP contribution in [0.4, 0.5) is 4.79 Å². The zero-order valence-corrected chi connectivity index (χ0v) is 15.4. The number of halogens is 1. The van der Waals surface area contributed by atoms with E-state index >= 15 is 0 Å². The van der Waals surface area contributed by atoms with Crippen LogP contribution in [0, 0.1) is 3.57 Å². The number of benzene rings is 1. The lowest BCUT2D eigenvalue weighted by atomic mass is 10.2. The zero-order valence-electron chi connectivity index (χ0n) is 11.6. The molecular weight excluding hydrogens is 407 g/mol. The van der Waals surface area contributed by atoms with Crippen molar-refractivity contribution in [3.05, 3.63) is 21.8 Å². The number of nitrogens with one attached hydrogen (secondary N) is 1. The van der Waals surface area contributed by atoms with Crippen molar-refractivity contribution in [2.24, 2.45) is 0 Å². The van der Waals surface area contributed by atoms with Gasteiger partial charge in [0.05, 0.1) is 4.90 Å². The summed E-state index contributed by atoms with van der Waals surface area (Å²) >= 11 is 5.79. The van der Waals surface area contributed by atoms with E-state index in [9.17, 15) is 4.79 Å². The molecule has 1 N–H and O–H groups in total. The van der Waals surface area contributed by atoms with Crippen LogP contribution >= 0.6 is 46.5 Å². The summed E-state index contributed by atoms with van der Waals surface area (Å²) in [5.74, 6) is 0. The first-order valence-corrected chi connectivity index (χ1v) is 8.86. The number of ether oxygens (including phenoxy) is 1. The third-order valence-corrected chi connectivity index (χ3v) is 6.06. The summed E-state index contributed by atoms with van der Waals surface area (Å²) in [6.45, 7) is 6.91. The molecule has 0 radical (unpaired) electrons. The molecule has 0 fully saturated rings. The Bertz CT molecular complexity index is 506. The van der Waals surface area contributed by atoms with E-state index in [0.717, 1.165) is 6.54 Å². The molecule has 0 saturated carbocycles. The van der Waals surface area contributed by atoms with E-state index in [4.69, 9.17) is 4.74 Å². The van der Waals surface area contributed by atoms with Crippen molar-refractivity contribution in [3.63, 3.8) is 0 Å². The minimum absolute atomic E-state index is 0.362. The molecule has 4 nitrogen and oxygen atoms in total. The number of rotatable bonds is 3. The van der Waals surface area contributed by atoms with E-state index in [1.165, 1.54) is 13.4 Å². The van der Waals surface area contributed by atoms with Crippen molar-refractivity contribution in [1.29, 1.82) is 0 Å². The van der Waals surface area contributed by atoms with Crippen molar-refractivity contribution in [2.45, 2.75) is 36.2 Å². The SMILES string of the molecule is CC(C)(C)OC(=O)NCCN1Sc2cccc(I)c2S1. The van der Waals surface area contributed by atoms with Gasteiger partial charge in [0.25, 0.3) is 0 Å². The highest BCUT2D eigenvalue weighted by Gasteiger charge is 2.23. The maximum Gasteiger partial charge on any atom is 0.407 e. The van der Waals surface area contributed by atoms with Crippen molar-refractivity contribution in [1.82, 2.24) is 9.03 Å². The first kappa shape index (κ1) is 16.3. The average molecular weight is 424 g/mol. The van der Waals surface area contributed by atoms with Gasteiger partial charge in [-0.1, -0.05) is 6.07 Å². The third kappa shape index (κ3) is 4.71. The van der Waals surface area contributed by atoms with Gasteiger partial charge in [-0.25, -0.2) is 4.79 Å². The number of carbonyl (C=O) groups excluding carboxylic acids is 1. The largest absolute Gasteiger partial charge is 0.444 e. The molecule has 0 aromatic heterocycles. The van der Waals surface area contributed by atoms with Crippen LogP contribution in [0.15, 0.2) is 28.0 Å². The Morgan fingerprint density at radius 2 is 2.15 bits per heavy atom. The van der Waals surface area contributed by atoms with E-state index in [1.54, 1.807) is 23.9 Å². The topological polar surface area (TPSA) is 41.6 Å². The van der Waals surface area contributed by atoms with E-state index in [0.29, 0.717) is 6.54 Å². The van der Waals surface area contributed by atoms with E-state index < -0.39 is 5.60 Å². The van der Waals surface area contributed by atoms with Crippen LogP contribution in [-0.2, 0) is 4.74 Å². The second-order valence-corrected chi connectivity index (χ2v) is 8.72. The standard InChI is InChI=1S/C13H17IN2O2S2/c1-13(2,3)18-12(17)15-7-8-16-19-10-6-4-5-9(14)11(10)20-16/h4-6H,7-8H2,1-3H3,(H,15,17). The minimum Gasteiger partial charge on any atom is -0.444 e. The van der Waals surface area contributed by atoms with Crippen LogP contribution in [0.2, 0.25) is 0 Å². The number of hydrogen-bond donors (Lipinski definition) is 1. The molecule has 0 spiro atoms. The van der Waals surface area contributed by atoms with Crippen LogP contribution in [-0.4, -0.2) is 28.5 Å². The summed E-state index contributed by atoms with van der Waals surface area (Å²) in [6, 6.07) is 6.29. The van der Waals surface area contributed by atoms with Gasteiger partial charge in [-0.3, -0.25) is 0 Å². The molecule has 1 aliphatic heterocycles. The highest BCUT2D eigenvalue weighted by Crippen LogP contribution is 2.47. The Labute approximate surface area is 141 Å². The summed E-state index contributed by atoms with van der Waals surface area (Å²) < 4.78 is 8.63. The van der Waals surface area contributed by atoms with E-state index in [1.807, 2.05) is 20.8 Å². The lowest BCUT2D eigenvalue weighted by Gasteiger charge is -2.20. The van der Waals surface area contributed by atoms with Crippen LogP contribution in [0.25, 0.3) is 0 Å². The second kappa shape index (κ2) is 6.76. The maximum absolute atomic E-state index is 11.5. The van der Waals surface area contributed by atoms with Crippen molar-refractivity contribution >= 4 is 52.6 Å². The molecule has 2 rings (SSSR count). The normalized spacial score (nSPS) is 15.0. The second-order valence-electron chi connectivity index (χ2n) is 5.23. The number of nitrogens with zero attached hydrogens (tertiary/aromatic N) is 1. The van der Waals surface area contributed by atoms with Crippen LogP contribution in [0.1, 0.15) is 20.8 Å². The van der Waals surface area contributed by atoms with Crippen molar-refractivity contribution < 1.29 is 9.53 Å². The monoisotopic (exact) mass is 424 g/mol.